The van der Waals surface area contributed by atoms with Gasteiger partial charge in [0.15, 0.2) is 11.5 Å². The Bertz CT molecular complexity index is 893. The molecule has 150 valence electrons. The highest BCUT2D eigenvalue weighted by atomic mass is 79.9. The van der Waals surface area contributed by atoms with Gasteiger partial charge in [-0.25, -0.2) is 0 Å². The number of nitrogens with zero attached hydrogens (tertiary/aromatic N) is 1. The number of Topliss-reactive ketones (excluding diaryl/α,β-unsaturated/α-hetero) is 1. The normalized spacial score (nSPS) is 11.0. The summed E-state index contributed by atoms with van der Waals surface area (Å²) >= 11 is 3.40. The molecule has 0 radical (unpaired) electrons. The van der Waals surface area contributed by atoms with Crippen molar-refractivity contribution in [2.24, 2.45) is 0 Å². The molecule has 0 aliphatic heterocycles. The molecule has 0 atom stereocenters. The molecule has 0 aliphatic carbocycles. The summed E-state index contributed by atoms with van der Waals surface area (Å²) in [6.45, 7) is 0. The van der Waals surface area contributed by atoms with Crippen LogP contribution in [-0.2, 0) is 0 Å². The first-order valence-electron chi connectivity index (χ1n) is 8.44. The van der Waals surface area contributed by atoms with Gasteiger partial charge in [-0.3, -0.25) is 4.79 Å². The van der Waals surface area contributed by atoms with Gasteiger partial charge in [0.05, 0.1) is 44.2 Å². The van der Waals surface area contributed by atoms with Crippen molar-refractivity contribution in [2.45, 2.75) is 0 Å². The fourth-order valence-corrected chi connectivity index (χ4v) is 3.24. The van der Waals surface area contributed by atoms with Gasteiger partial charge in [0, 0.05) is 14.1 Å². The summed E-state index contributed by atoms with van der Waals surface area (Å²) in [6.07, 6.45) is 1.75. The van der Waals surface area contributed by atoms with Crippen molar-refractivity contribution in [1.29, 1.82) is 0 Å². The third kappa shape index (κ3) is 4.42. The second-order valence-electron chi connectivity index (χ2n) is 6.03. The van der Waals surface area contributed by atoms with Gasteiger partial charge < -0.3 is 23.8 Å². The molecular formula is C21H24BrNO5. The molecule has 0 amide bonds. The van der Waals surface area contributed by atoms with Gasteiger partial charge in [-0.1, -0.05) is 6.07 Å². The number of carbonyl (C=O) groups is 1. The molecule has 0 heterocycles. The predicted octanol–water partition coefficient (Wildman–Crippen LogP) is 4.41. The van der Waals surface area contributed by atoms with E-state index in [0.29, 0.717) is 27.3 Å². The van der Waals surface area contributed by atoms with E-state index in [-0.39, 0.29) is 5.78 Å². The number of ether oxygens (including phenoxy) is 4. The van der Waals surface area contributed by atoms with E-state index in [0.717, 1.165) is 17.0 Å². The first kappa shape index (κ1) is 21.6. The van der Waals surface area contributed by atoms with E-state index >= 15 is 0 Å². The number of carbonyl (C=O) groups excluding carboxylic acids is 1. The van der Waals surface area contributed by atoms with Crippen LogP contribution in [0.25, 0.3) is 6.08 Å². The van der Waals surface area contributed by atoms with Gasteiger partial charge in [-0.15, -0.1) is 0 Å². The van der Waals surface area contributed by atoms with Crippen LogP contribution in [0.1, 0.15) is 15.9 Å². The van der Waals surface area contributed by atoms with Crippen molar-refractivity contribution in [3.05, 3.63) is 45.9 Å². The second-order valence-corrected chi connectivity index (χ2v) is 6.88. The highest BCUT2D eigenvalue weighted by molar-refractivity contribution is 9.12. The second kappa shape index (κ2) is 9.50. The molecule has 2 aromatic rings. The number of anilines is 1. The van der Waals surface area contributed by atoms with Gasteiger partial charge in [-0.2, -0.15) is 0 Å². The van der Waals surface area contributed by atoms with Crippen LogP contribution in [-0.4, -0.2) is 48.3 Å². The minimum absolute atomic E-state index is 0.236. The fraction of sp³-hybridized carbons (Fsp3) is 0.286. The van der Waals surface area contributed by atoms with Gasteiger partial charge >= 0.3 is 0 Å². The van der Waals surface area contributed by atoms with E-state index in [4.69, 9.17) is 18.9 Å². The Morgan fingerprint density at radius 3 is 2.04 bits per heavy atom. The predicted molar refractivity (Wildman–Crippen MR) is 115 cm³/mol. The molecule has 0 aromatic heterocycles. The lowest BCUT2D eigenvalue weighted by molar-refractivity contribution is 0.104. The average Bonchev–Trinajstić information content (AvgIpc) is 2.71. The minimum Gasteiger partial charge on any atom is -0.495 e. The SMILES string of the molecule is COc1ccc(C=C(Br)C(=O)c2ccc(OC)c(OC)c2OC)cc1N(C)C. The monoisotopic (exact) mass is 449 g/mol. The summed E-state index contributed by atoms with van der Waals surface area (Å²) in [4.78, 5) is 15.0. The Morgan fingerprint density at radius 2 is 1.50 bits per heavy atom. The average molecular weight is 450 g/mol. The summed E-state index contributed by atoms with van der Waals surface area (Å²) in [5.74, 6) is 1.70. The number of benzene rings is 2. The lowest BCUT2D eigenvalue weighted by Gasteiger charge is -2.17. The van der Waals surface area contributed by atoms with Crippen LogP contribution in [0.15, 0.2) is 34.8 Å². The summed E-state index contributed by atoms with van der Waals surface area (Å²) in [7, 11) is 10.00. The van der Waals surface area contributed by atoms with Crippen LogP contribution in [0.5, 0.6) is 23.0 Å². The molecule has 7 heteroatoms. The number of hydrogen-bond donors (Lipinski definition) is 0. The molecule has 2 rings (SSSR count). The van der Waals surface area contributed by atoms with Crippen molar-refractivity contribution in [1.82, 2.24) is 0 Å². The lowest BCUT2D eigenvalue weighted by atomic mass is 10.1. The van der Waals surface area contributed by atoms with Crippen LogP contribution in [0.3, 0.4) is 0 Å². The Balaban J connectivity index is 2.46. The van der Waals surface area contributed by atoms with Crippen LogP contribution in [0, 0.1) is 0 Å². The first-order valence-corrected chi connectivity index (χ1v) is 9.23. The Morgan fingerprint density at radius 1 is 0.893 bits per heavy atom. The zero-order valence-corrected chi connectivity index (χ0v) is 18.4. The fourth-order valence-electron chi connectivity index (χ4n) is 2.77. The van der Waals surface area contributed by atoms with Crippen LogP contribution in [0.4, 0.5) is 5.69 Å². The standard InChI is InChI=1S/C21H24BrNO5/c1-23(2)16-12-13(7-9-17(16)25-3)11-15(22)19(24)14-8-10-18(26-4)21(28-6)20(14)27-5/h7-12H,1-6H3. The smallest absolute Gasteiger partial charge is 0.204 e. The molecule has 2 aromatic carbocycles. The van der Waals surface area contributed by atoms with Gasteiger partial charge in [0.1, 0.15) is 5.75 Å². The zero-order valence-electron chi connectivity index (χ0n) is 16.8. The third-order valence-electron chi connectivity index (χ3n) is 4.14. The van der Waals surface area contributed by atoms with E-state index in [1.807, 2.05) is 37.2 Å². The van der Waals surface area contributed by atoms with E-state index in [1.54, 1.807) is 25.3 Å². The maximum absolute atomic E-state index is 13.0. The maximum atomic E-state index is 13.0. The van der Waals surface area contributed by atoms with E-state index in [2.05, 4.69) is 15.9 Å². The molecule has 0 bridgehead atoms. The van der Waals surface area contributed by atoms with E-state index in [9.17, 15) is 4.79 Å². The maximum Gasteiger partial charge on any atom is 0.204 e. The molecule has 0 N–H and O–H groups in total. The molecule has 6 nitrogen and oxygen atoms in total. The zero-order chi connectivity index (χ0) is 20.8. The Labute approximate surface area is 173 Å². The van der Waals surface area contributed by atoms with Crippen molar-refractivity contribution < 1.29 is 23.7 Å². The summed E-state index contributed by atoms with van der Waals surface area (Å²) in [6, 6.07) is 9.01. The summed E-state index contributed by atoms with van der Waals surface area (Å²) in [5.41, 5.74) is 2.13. The Hall–Kier alpha value is -2.67. The van der Waals surface area contributed by atoms with E-state index < -0.39 is 0 Å². The first-order chi connectivity index (χ1) is 13.4. The summed E-state index contributed by atoms with van der Waals surface area (Å²) < 4.78 is 21.8. The van der Waals surface area contributed by atoms with Crippen molar-refractivity contribution >= 4 is 33.5 Å². The molecule has 0 saturated heterocycles. The quantitative estimate of drug-likeness (QED) is 0.439. The molecule has 0 aliphatic rings. The summed E-state index contributed by atoms with van der Waals surface area (Å²) in [5, 5.41) is 0. The molecule has 0 saturated carbocycles. The van der Waals surface area contributed by atoms with Crippen molar-refractivity contribution in [3.8, 4) is 23.0 Å². The van der Waals surface area contributed by atoms with Crippen LogP contribution < -0.4 is 23.8 Å². The van der Waals surface area contributed by atoms with E-state index in [1.165, 1.54) is 21.3 Å². The molecule has 28 heavy (non-hydrogen) atoms. The minimum atomic E-state index is -0.236. The number of halogens is 1. The molecule has 0 fully saturated rings. The van der Waals surface area contributed by atoms with Crippen LogP contribution in [0.2, 0.25) is 0 Å². The molecule has 0 spiro atoms. The highest BCUT2D eigenvalue weighted by Gasteiger charge is 2.22. The Kier molecular flexibility index (Phi) is 7.34. The highest BCUT2D eigenvalue weighted by Crippen LogP contribution is 2.41. The third-order valence-corrected chi connectivity index (χ3v) is 4.73. The van der Waals surface area contributed by atoms with Crippen LogP contribution >= 0.6 is 15.9 Å². The lowest BCUT2D eigenvalue weighted by Crippen LogP contribution is -2.10. The largest absolute Gasteiger partial charge is 0.495 e. The topological polar surface area (TPSA) is 57.2 Å². The number of allylic oxidation sites excluding steroid dienone is 1. The molecule has 0 unspecified atom stereocenters. The van der Waals surface area contributed by atoms with Crippen molar-refractivity contribution in [3.63, 3.8) is 0 Å². The number of methoxy groups -OCH3 is 4. The molecular weight excluding hydrogens is 426 g/mol. The number of rotatable bonds is 8. The van der Waals surface area contributed by atoms with Gasteiger partial charge in [-0.05, 0) is 51.8 Å². The van der Waals surface area contributed by atoms with Gasteiger partial charge in [0.25, 0.3) is 0 Å². The number of hydrogen-bond acceptors (Lipinski definition) is 6. The van der Waals surface area contributed by atoms with Gasteiger partial charge in [0.2, 0.25) is 11.5 Å². The van der Waals surface area contributed by atoms with Crippen molar-refractivity contribution in [2.75, 3.05) is 47.4 Å². The number of ketones is 1.